The summed E-state index contributed by atoms with van der Waals surface area (Å²) in [5.74, 6) is -1.24. The summed E-state index contributed by atoms with van der Waals surface area (Å²) in [6, 6.07) is 6.83. The van der Waals surface area contributed by atoms with Gasteiger partial charge in [-0.1, -0.05) is 41.9 Å². The zero-order valence-electron chi connectivity index (χ0n) is 19.8. The first-order valence-corrected chi connectivity index (χ1v) is 13.0. The standard InChI is InChI=1S/C26H26Cl2N2O5S/c1-3-11-35-26(33)19-9-5-4-8-18(19)25(32)30(15-17-7-6-10-29-14-17)22-13-23(21(28)12-20(22)27)36-16-24(31)34-2/h3,6-7,10,12-14H,1,4-5,8-9,11,15-16H2,2H3. The van der Waals surface area contributed by atoms with Crippen LogP contribution in [-0.4, -0.2) is 42.3 Å². The highest BCUT2D eigenvalue weighted by molar-refractivity contribution is 8.00. The lowest BCUT2D eigenvalue weighted by Crippen LogP contribution is -2.34. The number of rotatable bonds is 10. The number of pyridine rings is 1. The van der Waals surface area contributed by atoms with Crippen LogP contribution in [0.1, 0.15) is 31.2 Å². The van der Waals surface area contributed by atoms with E-state index < -0.39 is 11.9 Å². The van der Waals surface area contributed by atoms with Crippen molar-refractivity contribution in [3.63, 3.8) is 0 Å². The molecule has 0 bridgehead atoms. The number of ether oxygens (including phenoxy) is 2. The summed E-state index contributed by atoms with van der Waals surface area (Å²) >= 11 is 14.2. The van der Waals surface area contributed by atoms with Crippen LogP contribution in [0.2, 0.25) is 10.0 Å². The van der Waals surface area contributed by atoms with Crippen LogP contribution < -0.4 is 4.90 Å². The Bertz CT molecular complexity index is 1170. The van der Waals surface area contributed by atoms with Crippen molar-refractivity contribution in [3.8, 4) is 0 Å². The van der Waals surface area contributed by atoms with Crippen molar-refractivity contribution < 1.29 is 23.9 Å². The topological polar surface area (TPSA) is 85.8 Å². The van der Waals surface area contributed by atoms with Crippen LogP contribution in [0.5, 0.6) is 0 Å². The Kier molecular flexibility index (Phi) is 10.4. The number of aromatic nitrogens is 1. The second-order valence-corrected chi connectivity index (χ2v) is 9.73. The average Bonchev–Trinajstić information content (AvgIpc) is 2.90. The quantitative estimate of drug-likeness (QED) is 0.211. The van der Waals surface area contributed by atoms with Gasteiger partial charge in [-0.3, -0.25) is 14.6 Å². The molecule has 1 heterocycles. The minimum Gasteiger partial charge on any atom is -0.468 e. The molecule has 7 nitrogen and oxygen atoms in total. The fourth-order valence-corrected chi connectivity index (χ4v) is 5.16. The first-order chi connectivity index (χ1) is 17.3. The van der Waals surface area contributed by atoms with Crippen LogP contribution in [0.4, 0.5) is 5.69 Å². The molecule has 190 valence electrons. The van der Waals surface area contributed by atoms with Crippen LogP contribution in [0, 0.1) is 0 Å². The van der Waals surface area contributed by atoms with E-state index in [1.165, 1.54) is 35.9 Å². The monoisotopic (exact) mass is 548 g/mol. The first-order valence-electron chi connectivity index (χ1n) is 11.2. The Morgan fingerprint density at radius 3 is 2.58 bits per heavy atom. The van der Waals surface area contributed by atoms with Crippen molar-refractivity contribution in [3.05, 3.63) is 76.1 Å². The number of methoxy groups -OCH3 is 1. The van der Waals surface area contributed by atoms with Gasteiger partial charge in [-0.05, 0) is 49.4 Å². The van der Waals surface area contributed by atoms with Gasteiger partial charge in [-0.15, -0.1) is 11.8 Å². The largest absolute Gasteiger partial charge is 0.468 e. The summed E-state index contributed by atoms with van der Waals surface area (Å²) in [6.45, 7) is 3.80. The second-order valence-electron chi connectivity index (χ2n) is 7.90. The van der Waals surface area contributed by atoms with Crippen LogP contribution in [0.15, 0.2) is 65.4 Å². The van der Waals surface area contributed by atoms with Crippen LogP contribution >= 0.6 is 35.0 Å². The number of anilines is 1. The highest BCUT2D eigenvalue weighted by Gasteiger charge is 2.30. The zero-order chi connectivity index (χ0) is 26.1. The van der Waals surface area contributed by atoms with Gasteiger partial charge in [0.2, 0.25) is 0 Å². The maximum Gasteiger partial charge on any atom is 0.334 e. The smallest absolute Gasteiger partial charge is 0.334 e. The molecular weight excluding hydrogens is 523 g/mol. The van der Waals surface area contributed by atoms with Crippen molar-refractivity contribution in [2.24, 2.45) is 0 Å². The molecule has 1 aromatic carbocycles. The van der Waals surface area contributed by atoms with Crippen molar-refractivity contribution in [2.75, 3.05) is 24.4 Å². The molecule has 10 heteroatoms. The maximum atomic E-state index is 14.0. The molecule has 1 aliphatic carbocycles. The molecule has 0 aliphatic heterocycles. The summed E-state index contributed by atoms with van der Waals surface area (Å²) in [4.78, 5) is 44.6. The molecule has 0 N–H and O–H groups in total. The van der Waals surface area contributed by atoms with E-state index in [9.17, 15) is 14.4 Å². The highest BCUT2D eigenvalue weighted by Crippen LogP contribution is 2.39. The highest BCUT2D eigenvalue weighted by atomic mass is 35.5. The Labute approximate surface area is 224 Å². The van der Waals surface area contributed by atoms with Gasteiger partial charge in [0.25, 0.3) is 5.91 Å². The molecule has 36 heavy (non-hydrogen) atoms. The minimum absolute atomic E-state index is 0.0400. The Hall–Kier alpha value is -2.81. The normalized spacial score (nSPS) is 13.2. The van der Waals surface area contributed by atoms with Gasteiger partial charge in [0, 0.05) is 28.4 Å². The number of carbonyl (C=O) groups excluding carboxylic acids is 3. The summed E-state index contributed by atoms with van der Waals surface area (Å²) in [7, 11) is 1.31. The SMILES string of the molecule is C=CCOC(=O)C1=C(C(=O)N(Cc2cccnc2)c2cc(SCC(=O)OC)c(Cl)cc2Cl)CCCC1. The van der Waals surface area contributed by atoms with Crippen molar-refractivity contribution >= 4 is 58.5 Å². The van der Waals surface area contributed by atoms with E-state index in [2.05, 4.69) is 11.6 Å². The number of benzene rings is 1. The van der Waals surface area contributed by atoms with Gasteiger partial charge in [0.1, 0.15) is 6.61 Å². The van der Waals surface area contributed by atoms with Gasteiger partial charge < -0.3 is 14.4 Å². The van der Waals surface area contributed by atoms with Gasteiger partial charge >= 0.3 is 11.9 Å². The Morgan fingerprint density at radius 2 is 1.92 bits per heavy atom. The van der Waals surface area contributed by atoms with Gasteiger partial charge in [-0.25, -0.2) is 4.79 Å². The molecule has 0 unspecified atom stereocenters. The fourth-order valence-electron chi connectivity index (χ4n) is 3.72. The molecule has 3 rings (SSSR count). The third kappa shape index (κ3) is 7.12. The lowest BCUT2D eigenvalue weighted by Gasteiger charge is -2.28. The van der Waals surface area contributed by atoms with E-state index in [4.69, 9.17) is 32.7 Å². The molecular formula is C26H26Cl2N2O5S. The average molecular weight is 549 g/mol. The summed E-state index contributed by atoms with van der Waals surface area (Å²) in [5, 5.41) is 0.601. The number of hydrogen-bond donors (Lipinski definition) is 0. The Morgan fingerprint density at radius 1 is 1.17 bits per heavy atom. The van der Waals surface area contributed by atoms with E-state index >= 15 is 0 Å². The van der Waals surface area contributed by atoms with E-state index in [0.29, 0.717) is 39.6 Å². The summed E-state index contributed by atoms with van der Waals surface area (Å²) < 4.78 is 9.97. The first kappa shape index (κ1) is 27.8. The maximum absolute atomic E-state index is 14.0. The number of esters is 2. The molecule has 2 aromatic rings. The molecule has 0 radical (unpaired) electrons. The number of carbonyl (C=O) groups is 3. The molecule has 0 atom stereocenters. The molecule has 1 amide bonds. The second kappa shape index (κ2) is 13.5. The van der Waals surface area contributed by atoms with Crippen molar-refractivity contribution in [1.82, 2.24) is 4.98 Å². The number of thioether (sulfide) groups is 1. The van der Waals surface area contributed by atoms with Crippen LogP contribution in [0.25, 0.3) is 0 Å². The number of nitrogens with zero attached hydrogens (tertiary/aromatic N) is 2. The Balaban J connectivity index is 2.06. The molecule has 1 aliphatic rings. The van der Waals surface area contributed by atoms with E-state index in [-0.39, 0.29) is 29.8 Å². The lowest BCUT2D eigenvalue weighted by molar-refractivity contribution is -0.138. The number of halogens is 2. The predicted octanol–water partition coefficient (Wildman–Crippen LogP) is 5.79. The van der Waals surface area contributed by atoms with E-state index in [1.54, 1.807) is 24.5 Å². The van der Waals surface area contributed by atoms with Gasteiger partial charge in [0.15, 0.2) is 0 Å². The minimum atomic E-state index is -0.518. The van der Waals surface area contributed by atoms with Crippen molar-refractivity contribution in [1.29, 1.82) is 0 Å². The lowest BCUT2D eigenvalue weighted by atomic mass is 9.90. The third-order valence-corrected chi connectivity index (χ3v) is 7.23. The molecule has 0 saturated heterocycles. The summed E-state index contributed by atoms with van der Waals surface area (Å²) in [6.07, 6.45) is 7.23. The molecule has 0 fully saturated rings. The predicted molar refractivity (Wildman–Crippen MR) is 141 cm³/mol. The molecule has 0 spiro atoms. The van der Waals surface area contributed by atoms with E-state index in [1.807, 2.05) is 6.07 Å². The summed E-state index contributed by atoms with van der Waals surface area (Å²) in [5.41, 5.74) is 1.94. The van der Waals surface area contributed by atoms with E-state index in [0.717, 1.165) is 18.4 Å². The molecule has 1 aromatic heterocycles. The van der Waals surface area contributed by atoms with Gasteiger partial charge in [0.05, 0.1) is 35.1 Å². The molecule has 0 saturated carbocycles. The number of hydrogen-bond acceptors (Lipinski definition) is 7. The third-order valence-electron chi connectivity index (χ3n) is 5.48. The van der Waals surface area contributed by atoms with Crippen molar-refractivity contribution in [2.45, 2.75) is 37.1 Å². The zero-order valence-corrected chi connectivity index (χ0v) is 22.1. The van der Waals surface area contributed by atoms with Crippen LogP contribution in [0.3, 0.4) is 0 Å². The fraction of sp³-hybridized carbons (Fsp3) is 0.308. The van der Waals surface area contributed by atoms with Gasteiger partial charge in [-0.2, -0.15) is 0 Å². The number of amides is 1. The van der Waals surface area contributed by atoms with Crippen LogP contribution in [-0.2, 0) is 30.4 Å².